The third kappa shape index (κ3) is 2.04. The van der Waals surface area contributed by atoms with E-state index in [9.17, 15) is 0 Å². The molecule has 1 N–H and O–H groups in total. The second-order valence-electron chi connectivity index (χ2n) is 4.57. The maximum absolute atomic E-state index is 4.81. The summed E-state index contributed by atoms with van der Waals surface area (Å²) in [6.45, 7) is 6.22. The lowest BCUT2D eigenvalue weighted by Gasteiger charge is -2.29. The predicted molar refractivity (Wildman–Crippen MR) is 74.0 cm³/mol. The highest BCUT2D eigenvalue weighted by molar-refractivity contribution is 5.76. The first-order valence-electron chi connectivity index (χ1n) is 6.60. The Kier molecular flexibility index (Phi) is 3.11. The molecule has 2 heterocycles. The minimum atomic E-state index is 0.928. The molecule has 0 amide bonds. The Balaban J connectivity index is 2.08. The summed E-state index contributed by atoms with van der Waals surface area (Å²) in [5.41, 5.74) is 3.09. The van der Waals surface area contributed by atoms with Crippen LogP contribution in [0.3, 0.4) is 0 Å². The number of nitrogens with zero attached hydrogens (tertiary/aromatic N) is 3. The molecule has 3 rings (SSSR count). The summed E-state index contributed by atoms with van der Waals surface area (Å²) in [5.74, 6) is 1.07. The van der Waals surface area contributed by atoms with Gasteiger partial charge in [0.1, 0.15) is 0 Å². The van der Waals surface area contributed by atoms with Crippen molar-refractivity contribution in [2.24, 2.45) is 0 Å². The number of para-hydroxylation sites is 2. The summed E-state index contributed by atoms with van der Waals surface area (Å²) < 4.78 is 0. The van der Waals surface area contributed by atoms with Gasteiger partial charge in [0, 0.05) is 26.2 Å². The molecule has 0 atom stereocenters. The first-order valence-corrected chi connectivity index (χ1v) is 6.60. The Hall–Kier alpha value is -1.68. The number of benzene rings is 1. The summed E-state index contributed by atoms with van der Waals surface area (Å²) in [6, 6.07) is 8.10. The molecule has 0 spiro atoms. The van der Waals surface area contributed by atoms with Crippen molar-refractivity contribution in [1.29, 1.82) is 0 Å². The van der Waals surface area contributed by atoms with Gasteiger partial charge < -0.3 is 10.2 Å². The molecule has 0 aliphatic carbocycles. The fourth-order valence-electron chi connectivity index (χ4n) is 2.39. The van der Waals surface area contributed by atoms with Gasteiger partial charge >= 0.3 is 0 Å². The molecule has 0 radical (unpaired) electrons. The number of hydrogen-bond acceptors (Lipinski definition) is 4. The first kappa shape index (κ1) is 11.4. The van der Waals surface area contributed by atoms with Gasteiger partial charge in [0.25, 0.3) is 0 Å². The van der Waals surface area contributed by atoms with Crippen LogP contribution in [-0.2, 0) is 6.42 Å². The van der Waals surface area contributed by atoms with Crippen LogP contribution in [0.4, 0.5) is 5.82 Å². The highest BCUT2D eigenvalue weighted by Crippen LogP contribution is 2.21. The normalized spacial score (nSPS) is 16.2. The SMILES string of the molecule is CCc1nc2ccccc2nc1N1CCNCC1. The van der Waals surface area contributed by atoms with Crippen molar-refractivity contribution in [1.82, 2.24) is 15.3 Å². The molecule has 1 fully saturated rings. The Labute approximate surface area is 107 Å². The molecule has 4 heteroatoms. The first-order chi connectivity index (χ1) is 8.88. The van der Waals surface area contributed by atoms with Crippen LogP contribution in [0.2, 0.25) is 0 Å². The van der Waals surface area contributed by atoms with Gasteiger partial charge in [-0.15, -0.1) is 0 Å². The second-order valence-corrected chi connectivity index (χ2v) is 4.57. The summed E-state index contributed by atoms with van der Waals surface area (Å²) in [4.78, 5) is 11.9. The van der Waals surface area contributed by atoms with Gasteiger partial charge in [0.05, 0.1) is 16.7 Å². The van der Waals surface area contributed by atoms with Gasteiger partial charge in [0.15, 0.2) is 5.82 Å². The molecule has 0 saturated carbocycles. The van der Waals surface area contributed by atoms with E-state index in [2.05, 4.69) is 17.1 Å². The highest BCUT2D eigenvalue weighted by Gasteiger charge is 2.16. The molecule has 0 unspecified atom stereocenters. The van der Waals surface area contributed by atoms with Gasteiger partial charge in [-0.05, 0) is 18.6 Å². The van der Waals surface area contributed by atoms with Crippen LogP contribution in [0.5, 0.6) is 0 Å². The molecule has 2 aromatic rings. The molecule has 1 aromatic carbocycles. The molecule has 1 saturated heterocycles. The minimum absolute atomic E-state index is 0.928. The van der Waals surface area contributed by atoms with Crippen molar-refractivity contribution in [3.8, 4) is 0 Å². The molecule has 1 aliphatic heterocycles. The molecule has 1 aromatic heterocycles. The number of piperazine rings is 1. The van der Waals surface area contributed by atoms with Crippen molar-refractivity contribution in [2.45, 2.75) is 13.3 Å². The number of nitrogens with one attached hydrogen (secondary N) is 1. The number of aromatic nitrogens is 2. The lowest BCUT2D eigenvalue weighted by Crippen LogP contribution is -2.44. The summed E-state index contributed by atoms with van der Waals surface area (Å²) in [6.07, 6.45) is 0.928. The minimum Gasteiger partial charge on any atom is -0.353 e. The Morgan fingerprint density at radius 1 is 1.11 bits per heavy atom. The largest absolute Gasteiger partial charge is 0.353 e. The number of rotatable bonds is 2. The molecule has 18 heavy (non-hydrogen) atoms. The van der Waals surface area contributed by atoms with Crippen LogP contribution in [0.15, 0.2) is 24.3 Å². The van der Waals surface area contributed by atoms with E-state index in [-0.39, 0.29) is 0 Å². The summed E-state index contributed by atoms with van der Waals surface area (Å²) in [5, 5.41) is 3.37. The van der Waals surface area contributed by atoms with E-state index in [1.54, 1.807) is 0 Å². The van der Waals surface area contributed by atoms with Crippen LogP contribution in [-0.4, -0.2) is 36.1 Å². The Morgan fingerprint density at radius 2 is 1.78 bits per heavy atom. The number of hydrogen-bond donors (Lipinski definition) is 1. The van der Waals surface area contributed by atoms with Gasteiger partial charge in [-0.3, -0.25) is 0 Å². The van der Waals surface area contributed by atoms with Crippen molar-refractivity contribution in [2.75, 3.05) is 31.1 Å². The lowest BCUT2D eigenvalue weighted by molar-refractivity contribution is 0.583. The highest BCUT2D eigenvalue weighted by atomic mass is 15.2. The van der Waals surface area contributed by atoms with E-state index >= 15 is 0 Å². The van der Waals surface area contributed by atoms with Crippen molar-refractivity contribution in [3.05, 3.63) is 30.0 Å². The molecular weight excluding hydrogens is 224 g/mol. The Bertz CT molecular complexity index is 546. The zero-order valence-corrected chi connectivity index (χ0v) is 10.7. The van der Waals surface area contributed by atoms with Crippen molar-refractivity contribution >= 4 is 16.9 Å². The fourth-order valence-corrected chi connectivity index (χ4v) is 2.39. The van der Waals surface area contributed by atoms with Gasteiger partial charge in [-0.2, -0.15) is 0 Å². The van der Waals surface area contributed by atoms with Gasteiger partial charge in [-0.1, -0.05) is 19.1 Å². The number of fused-ring (bicyclic) bond motifs is 1. The number of aryl methyl sites for hydroxylation is 1. The van der Waals surface area contributed by atoms with E-state index in [0.29, 0.717) is 0 Å². The van der Waals surface area contributed by atoms with Gasteiger partial charge in [0.2, 0.25) is 0 Å². The van der Waals surface area contributed by atoms with Crippen LogP contribution in [0, 0.1) is 0 Å². The summed E-state index contributed by atoms with van der Waals surface area (Å²) in [7, 11) is 0. The van der Waals surface area contributed by atoms with Crippen molar-refractivity contribution < 1.29 is 0 Å². The van der Waals surface area contributed by atoms with E-state index in [1.165, 1.54) is 0 Å². The van der Waals surface area contributed by atoms with Crippen LogP contribution in [0.1, 0.15) is 12.6 Å². The van der Waals surface area contributed by atoms with E-state index < -0.39 is 0 Å². The maximum atomic E-state index is 4.81. The van der Waals surface area contributed by atoms with E-state index in [4.69, 9.17) is 9.97 Å². The average Bonchev–Trinajstić information content (AvgIpc) is 2.46. The van der Waals surface area contributed by atoms with E-state index in [1.807, 2.05) is 24.3 Å². The molecule has 1 aliphatic rings. The molecular formula is C14H18N4. The predicted octanol–water partition coefficient (Wildman–Crippen LogP) is 1.60. The third-order valence-electron chi connectivity index (χ3n) is 3.37. The second kappa shape index (κ2) is 4.90. The lowest BCUT2D eigenvalue weighted by atomic mass is 10.2. The topological polar surface area (TPSA) is 41.1 Å². The van der Waals surface area contributed by atoms with Crippen LogP contribution >= 0.6 is 0 Å². The fraction of sp³-hybridized carbons (Fsp3) is 0.429. The molecule has 94 valence electrons. The third-order valence-corrected chi connectivity index (χ3v) is 3.37. The van der Waals surface area contributed by atoms with Crippen LogP contribution in [0.25, 0.3) is 11.0 Å². The summed E-state index contributed by atoms with van der Waals surface area (Å²) >= 11 is 0. The number of anilines is 1. The molecule has 0 bridgehead atoms. The zero-order chi connectivity index (χ0) is 12.4. The average molecular weight is 242 g/mol. The Morgan fingerprint density at radius 3 is 2.44 bits per heavy atom. The zero-order valence-electron chi connectivity index (χ0n) is 10.7. The maximum Gasteiger partial charge on any atom is 0.151 e. The standard InChI is InChI=1S/C14H18N4/c1-2-11-14(18-9-7-15-8-10-18)17-13-6-4-3-5-12(13)16-11/h3-6,15H,2,7-10H2,1H3. The van der Waals surface area contributed by atoms with Crippen molar-refractivity contribution in [3.63, 3.8) is 0 Å². The van der Waals surface area contributed by atoms with Gasteiger partial charge in [-0.25, -0.2) is 9.97 Å². The van der Waals surface area contributed by atoms with Crippen LogP contribution < -0.4 is 10.2 Å². The van der Waals surface area contributed by atoms with E-state index in [0.717, 1.165) is 55.1 Å². The smallest absolute Gasteiger partial charge is 0.151 e. The molecule has 4 nitrogen and oxygen atoms in total. The quantitative estimate of drug-likeness (QED) is 0.868. The monoisotopic (exact) mass is 242 g/mol.